The standard InChI is InChI=1S/C28H31N9O/c1-4-36-11-10-25(34-36)31-28-29-16-21-8-9-23-26(27(21)32-28)24(35(2)33-23)15-19-6-5-7-20(14-19)22-17-30-37(18-22)12-13-38-3/h5-7,10-11,14,16-18H,4,8-9,12-13,15H2,1-3H3,(H,29,31,32,34). The Labute approximate surface area is 221 Å². The van der Waals surface area contributed by atoms with Crippen molar-refractivity contribution in [3.63, 3.8) is 0 Å². The number of rotatable bonds is 9. The lowest BCUT2D eigenvalue weighted by Crippen LogP contribution is -2.09. The minimum absolute atomic E-state index is 0.542. The van der Waals surface area contributed by atoms with Gasteiger partial charge >= 0.3 is 0 Å². The Morgan fingerprint density at radius 2 is 1.97 bits per heavy atom. The van der Waals surface area contributed by atoms with E-state index in [2.05, 4.69) is 57.9 Å². The van der Waals surface area contributed by atoms with Crippen LogP contribution in [-0.2, 0) is 44.1 Å². The number of anilines is 2. The van der Waals surface area contributed by atoms with Crippen molar-refractivity contribution in [1.82, 2.24) is 39.3 Å². The summed E-state index contributed by atoms with van der Waals surface area (Å²) in [5.74, 6) is 1.27. The van der Waals surface area contributed by atoms with Crippen LogP contribution in [0.2, 0.25) is 0 Å². The molecular weight excluding hydrogens is 478 g/mol. The van der Waals surface area contributed by atoms with Crippen LogP contribution in [0, 0.1) is 0 Å². The minimum Gasteiger partial charge on any atom is -0.383 e. The Bertz CT molecular complexity index is 1580. The molecule has 0 atom stereocenters. The maximum atomic E-state index is 5.18. The lowest BCUT2D eigenvalue weighted by atomic mass is 9.91. The highest BCUT2D eigenvalue weighted by molar-refractivity contribution is 5.72. The van der Waals surface area contributed by atoms with Crippen LogP contribution >= 0.6 is 0 Å². The molecule has 38 heavy (non-hydrogen) atoms. The first-order chi connectivity index (χ1) is 18.6. The van der Waals surface area contributed by atoms with Crippen LogP contribution in [0.5, 0.6) is 0 Å². The largest absolute Gasteiger partial charge is 0.383 e. The van der Waals surface area contributed by atoms with Gasteiger partial charge in [-0.1, -0.05) is 24.3 Å². The minimum atomic E-state index is 0.542. The van der Waals surface area contributed by atoms with E-state index in [0.717, 1.165) is 77.5 Å². The molecule has 194 valence electrons. The Kier molecular flexibility index (Phi) is 6.47. The summed E-state index contributed by atoms with van der Waals surface area (Å²) >= 11 is 0. The molecule has 0 aliphatic heterocycles. The summed E-state index contributed by atoms with van der Waals surface area (Å²) in [6.07, 6.45) is 10.4. The zero-order valence-corrected chi connectivity index (χ0v) is 21.9. The first-order valence-corrected chi connectivity index (χ1v) is 12.9. The molecule has 10 nitrogen and oxygen atoms in total. The van der Waals surface area contributed by atoms with Gasteiger partial charge in [0, 0.05) is 62.9 Å². The van der Waals surface area contributed by atoms with Crippen molar-refractivity contribution in [3.05, 3.63) is 77.6 Å². The third-order valence-corrected chi connectivity index (χ3v) is 6.97. The SMILES string of the molecule is CCn1ccc(Nc2ncc3c(n2)-c2c(nn(C)c2Cc2cccc(-c4cnn(CCOC)c4)c2)CC3)n1. The van der Waals surface area contributed by atoms with Crippen LogP contribution < -0.4 is 5.32 Å². The number of ether oxygens (including phenoxy) is 1. The van der Waals surface area contributed by atoms with Gasteiger partial charge in [0.05, 0.1) is 36.4 Å². The predicted octanol–water partition coefficient (Wildman–Crippen LogP) is 4.04. The second-order valence-electron chi connectivity index (χ2n) is 9.50. The molecule has 1 aliphatic carbocycles. The molecule has 0 fully saturated rings. The van der Waals surface area contributed by atoms with Crippen LogP contribution in [0.25, 0.3) is 22.4 Å². The summed E-state index contributed by atoms with van der Waals surface area (Å²) in [5.41, 5.74) is 8.90. The number of fused-ring (bicyclic) bond motifs is 3. The van der Waals surface area contributed by atoms with Gasteiger partial charge in [-0.3, -0.25) is 14.0 Å². The van der Waals surface area contributed by atoms with Gasteiger partial charge in [0.25, 0.3) is 0 Å². The molecule has 0 saturated heterocycles. The van der Waals surface area contributed by atoms with Crippen LogP contribution in [0.1, 0.15) is 29.4 Å². The Morgan fingerprint density at radius 1 is 1.05 bits per heavy atom. The highest BCUT2D eigenvalue weighted by Gasteiger charge is 2.26. The second kappa shape index (κ2) is 10.2. The fourth-order valence-electron chi connectivity index (χ4n) is 4.98. The van der Waals surface area contributed by atoms with Crippen molar-refractivity contribution in [1.29, 1.82) is 0 Å². The van der Waals surface area contributed by atoms with Gasteiger partial charge in [0.1, 0.15) is 0 Å². The van der Waals surface area contributed by atoms with E-state index < -0.39 is 0 Å². The third kappa shape index (κ3) is 4.70. The maximum Gasteiger partial charge on any atom is 0.228 e. The zero-order valence-electron chi connectivity index (χ0n) is 21.9. The molecule has 0 saturated carbocycles. The van der Waals surface area contributed by atoms with E-state index >= 15 is 0 Å². The molecule has 10 heteroatoms. The van der Waals surface area contributed by atoms with Gasteiger partial charge in [0.2, 0.25) is 5.95 Å². The number of benzene rings is 1. The number of methoxy groups -OCH3 is 1. The van der Waals surface area contributed by atoms with Crippen LogP contribution in [-0.4, -0.2) is 53.0 Å². The summed E-state index contributed by atoms with van der Waals surface area (Å²) in [6.45, 7) is 4.24. The highest BCUT2D eigenvalue weighted by atomic mass is 16.5. The van der Waals surface area contributed by atoms with Gasteiger partial charge in [-0.2, -0.15) is 15.3 Å². The molecule has 0 unspecified atom stereocenters. The van der Waals surface area contributed by atoms with Crippen LogP contribution in [0.3, 0.4) is 0 Å². The van der Waals surface area contributed by atoms with E-state index in [-0.39, 0.29) is 0 Å². The van der Waals surface area contributed by atoms with Crippen molar-refractivity contribution in [2.75, 3.05) is 19.0 Å². The van der Waals surface area contributed by atoms with Crippen molar-refractivity contribution in [2.45, 2.75) is 39.3 Å². The molecule has 4 heterocycles. The molecule has 6 rings (SSSR count). The first kappa shape index (κ1) is 24.1. The van der Waals surface area contributed by atoms with Gasteiger partial charge < -0.3 is 10.1 Å². The molecule has 1 aliphatic rings. The van der Waals surface area contributed by atoms with Gasteiger partial charge in [-0.05, 0) is 36.5 Å². The van der Waals surface area contributed by atoms with Gasteiger partial charge in [0.15, 0.2) is 5.82 Å². The summed E-state index contributed by atoms with van der Waals surface area (Å²) in [6, 6.07) is 10.6. The molecule has 4 aromatic heterocycles. The topological polar surface area (TPSA) is 100 Å². The lowest BCUT2D eigenvalue weighted by molar-refractivity contribution is 0.183. The lowest BCUT2D eigenvalue weighted by Gasteiger charge is -2.17. The fraction of sp³-hybridized carbons (Fsp3) is 0.321. The van der Waals surface area contributed by atoms with E-state index in [4.69, 9.17) is 14.8 Å². The quantitative estimate of drug-likeness (QED) is 0.320. The molecule has 0 radical (unpaired) electrons. The second-order valence-corrected chi connectivity index (χ2v) is 9.50. The number of hydrogen-bond acceptors (Lipinski definition) is 7. The average molecular weight is 510 g/mol. The summed E-state index contributed by atoms with van der Waals surface area (Å²) in [5, 5.41) is 17.1. The molecular formula is C28H31N9O. The zero-order chi connectivity index (χ0) is 26.1. The van der Waals surface area contributed by atoms with E-state index in [1.54, 1.807) is 7.11 Å². The molecule has 1 aromatic carbocycles. The van der Waals surface area contributed by atoms with E-state index in [1.807, 2.05) is 45.7 Å². The van der Waals surface area contributed by atoms with Gasteiger partial charge in [-0.15, -0.1) is 0 Å². The van der Waals surface area contributed by atoms with Crippen molar-refractivity contribution in [3.8, 4) is 22.4 Å². The number of aromatic nitrogens is 8. The monoisotopic (exact) mass is 509 g/mol. The van der Waals surface area contributed by atoms with Crippen LogP contribution in [0.4, 0.5) is 11.8 Å². The molecule has 5 aromatic rings. The maximum absolute atomic E-state index is 5.18. The molecule has 1 N–H and O–H groups in total. The number of nitrogens with zero attached hydrogens (tertiary/aromatic N) is 8. The van der Waals surface area contributed by atoms with Crippen molar-refractivity contribution in [2.24, 2.45) is 7.05 Å². The number of aryl methyl sites for hydroxylation is 4. The molecule has 0 spiro atoms. The number of nitrogens with one attached hydrogen (secondary N) is 1. The Morgan fingerprint density at radius 3 is 2.82 bits per heavy atom. The van der Waals surface area contributed by atoms with E-state index in [1.165, 1.54) is 5.56 Å². The fourth-order valence-corrected chi connectivity index (χ4v) is 4.98. The van der Waals surface area contributed by atoms with E-state index in [0.29, 0.717) is 12.6 Å². The number of hydrogen-bond donors (Lipinski definition) is 1. The van der Waals surface area contributed by atoms with Crippen molar-refractivity contribution < 1.29 is 4.74 Å². The van der Waals surface area contributed by atoms with E-state index in [9.17, 15) is 0 Å². The normalized spacial score (nSPS) is 12.4. The highest BCUT2D eigenvalue weighted by Crippen LogP contribution is 2.36. The van der Waals surface area contributed by atoms with Crippen LogP contribution in [0.15, 0.2) is 55.1 Å². The van der Waals surface area contributed by atoms with Crippen molar-refractivity contribution >= 4 is 11.8 Å². The van der Waals surface area contributed by atoms with Gasteiger partial charge in [-0.25, -0.2) is 9.97 Å². The smallest absolute Gasteiger partial charge is 0.228 e. The summed E-state index contributed by atoms with van der Waals surface area (Å²) < 4.78 is 11.0. The Balaban J connectivity index is 1.30. The first-order valence-electron chi connectivity index (χ1n) is 12.9. The average Bonchev–Trinajstić information content (AvgIpc) is 3.67. The summed E-state index contributed by atoms with van der Waals surface area (Å²) in [4.78, 5) is 9.51. The summed E-state index contributed by atoms with van der Waals surface area (Å²) in [7, 11) is 3.73. The molecule has 0 amide bonds. The predicted molar refractivity (Wildman–Crippen MR) is 145 cm³/mol. The third-order valence-electron chi connectivity index (χ3n) is 6.97. The Hall–Kier alpha value is -4.31. The molecule has 0 bridgehead atoms.